The monoisotopic (exact) mass is 273 g/mol. The first kappa shape index (κ1) is 12.5. The van der Waals surface area contributed by atoms with Crippen molar-refractivity contribution in [2.75, 3.05) is 12.8 Å². The number of thiophene rings is 1. The second-order valence-electron chi connectivity index (χ2n) is 5.32. The summed E-state index contributed by atoms with van der Waals surface area (Å²) in [5.41, 5.74) is 10.2. The zero-order valence-electron chi connectivity index (χ0n) is 11.4. The van der Waals surface area contributed by atoms with E-state index in [1.807, 2.05) is 12.1 Å². The lowest BCUT2D eigenvalue weighted by Crippen LogP contribution is -2.09. The summed E-state index contributed by atoms with van der Waals surface area (Å²) in [7, 11) is 1.70. The van der Waals surface area contributed by atoms with Gasteiger partial charge in [-0.05, 0) is 48.4 Å². The van der Waals surface area contributed by atoms with E-state index in [0.717, 1.165) is 23.1 Å². The van der Waals surface area contributed by atoms with Crippen LogP contribution in [0.5, 0.6) is 5.75 Å². The number of ether oxygens (including phenoxy) is 1. The minimum atomic E-state index is 0.781. The molecule has 19 heavy (non-hydrogen) atoms. The normalized spacial score (nSPS) is 18.1. The lowest BCUT2D eigenvalue weighted by atomic mass is 9.87. The quantitative estimate of drug-likeness (QED) is 0.893. The number of rotatable bonds is 2. The summed E-state index contributed by atoms with van der Waals surface area (Å²) in [4.78, 5) is 1.48. The minimum Gasteiger partial charge on any atom is -0.497 e. The van der Waals surface area contributed by atoms with Crippen molar-refractivity contribution in [2.45, 2.75) is 26.2 Å². The van der Waals surface area contributed by atoms with Crippen LogP contribution in [0, 0.1) is 5.92 Å². The number of hydrogen-bond donors (Lipinski definition) is 1. The summed E-state index contributed by atoms with van der Waals surface area (Å²) < 4.78 is 5.32. The first-order valence-electron chi connectivity index (χ1n) is 6.73. The van der Waals surface area contributed by atoms with Crippen LogP contribution < -0.4 is 10.5 Å². The van der Waals surface area contributed by atoms with E-state index >= 15 is 0 Å². The molecule has 2 aromatic rings. The van der Waals surface area contributed by atoms with Crippen molar-refractivity contribution in [2.24, 2.45) is 5.92 Å². The fourth-order valence-corrected chi connectivity index (χ4v) is 4.17. The SMILES string of the molecule is COc1cccc(-c2c(N)sc3c2CCC(C)C3)c1. The van der Waals surface area contributed by atoms with Gasteiger partial charge in [0.1, 0.15) is 5.75 Å². The third-order valence-corrected chi connectivity index (χ3v) is 4.98. The van der Waals surface area contributed by atoms with Crippen LogP contribution in [0.15, 0.2) is 24.3 Å². The van der Waals surface area contributed by atoms with E-state index in [4.69, 9.17) is 10.5 Å². The molecule has 0 fully saturated rings. The van der Waals surface area contributed by atoms with Crippen LogP contribution in [0.25, 0.3) is 11.1 Å². The van der Waals surface area contributed by atoms with Crippen molar-refractivity contribution in [1.29, 1.82) is 0 Å². The Labute approximate surface area is 118 Å². The van der Waals surface area contributed by atoms with Crippen LogP contribution >= 0.6 is 11.3 Å². The Morgan fingerprint density at radius 1 is 1.37 bits per heavy atom. The van der Waals surface area contributed by atoms with Gasteiger partial charge in [0.25, 0.3) is 0 Å². The molecule has 1 heterocycles. The van der Waals surface area contributed by atoms with Crippen LogP contribution in [0.3, 0.4) is 0 Å². The van der Waals surface area contributed by atoms with Crippen LogP contribution in [0.4, 0.5) is 5.00 Å². The molecule has 100 valence electrons. The van der Waals surface area contributed by atoms with Gasteiger partial charge in [0.15, 0.2) is 0 Å². The van der Waals surface area contributed by atoms with Crippen molar-refractivity contribution < 1.29 is 4.74 Å². The lowest BCUT2D eigenvalue weighted by Gasteiger charge is -2.19. The van der Waals surface area contributed by atoms with E-state index in [2.05, 4.69) is 19.1 Å². The molecule has 0 bridgehead atoms. The molecular formula is C16H19NOS. The maximum atomic E-state index is 6.27. The highest BCUT2D eigenvalue weighted by Gasteiger charge is 2.23. The van der Waals surface area contributed by atoms with Crippen LogP contribution in [0.1, 0.15) is 23.8 Å². The molecule has 1 aromatic carbocycles. The maximum absolute atomic E-state index is 6.27. The number of hydrogen-bond acceptors (Lipinski definition) is 3. The Hall–Kier alpha value is -1.48. The average Bonchev–Trinajstić information content (AvgIpc) is 2.73. The van der Waals surface area contributed by atoms with E-state index in [-0.39, 0.29) is 0 Å². The number of nitrogen functional groups attached to an aromatic ring is 1. The molecule has 0 amide bonds. The zero-order valence-corrected chi connectivity index (χ0v) is 12.2. The molecule has 3 heteroatoms. The van der Waals surface area contributed by atoms with Gasteiger partial charge in [-0.1, -0.05) is 19.1 Å². The number of fused-ring (bicyclic) bond motifs is 1. The number of anilines is 1. The standard InChI is InChI=1S/C16H19NOS/c1-10-6-7-13-14(8-10)19-16(17)15(13)11-4-3-5-12(9-11)18-2/h3-5,9-10H,6-8,17H2,1-2H3. The van der Waals surface area contributed by atoms with Gasteiger partial charge in [-0.2, -0.15) is 0 Å². The predicted octanol–water partition coefficient (Wildman–Crippen LogP) is 4.13. The molecule has 0 saturated heterocycles. The van der Waals surface area contributed by atoms with Crippen molar-refractivity contribution in [3.8, 4) is 16.9 Å². The van der Waals surface area contributed by atoms with E-state index in [1.165, 1.54) is 34.4 Å². The molecule has 0 saturated carbocycles. The number of nitrogens with two attached hydrogens (primary N) is 1. The molecule has 1 aliphatic rings. The second kappa shape index (κ2) is 4.89. The Balaban J connectivity index is 2.09. The molecule has 2 N–H and O–H groups in total. The van der Waals surface area contributed by atoms with Crippen LogP contribution in [0.2, 0.25) is 0 Å². The lowest BCUT2D eigenvalue weighted by molar-refractivity contribution is 0.415. The summed E-state index contributed by atoms with van der Waals surface area (Å²) in [6.45, 7) is 2.32. The molecule has 0 radical (unpaired) electrons. The molecule has 1 unspecified atom stereocenters. The van der Waals surface area contributed by atoms with Crippen LogP contribution in [-0.2, 0) is 12.8 Å². The summed E-state index contributed by atoms with van der Waals surface area (Å²) >= 11 is 1.77. The number of benzene rings is 1. The van der Waals surface area contributed by atoms with Gasteiger partial charge in [0.05, 0.1) is 12.1 Å². The predicted molar refractivity (Wildman–Crippen MR) is 81.9 cm³/mol. The van der Waals surface area contributed by atoms with Crippen LogP contribution in [-0.4, -0.2) is 7.11 Å². The van der Waals surface area contributed by atoms with Gasteiger partial charge in [-0.3, -0.25) is 0 Å². The molecule has 1 atom stereocenters. The van der Waals surface area contributed by atoms with Gasteiger partial charge in [-0.25, -0.2) is 0 Å². The van der Waals surface area contributed by atoms with E-state index in [9.17, 15) is 0 Å². The Bertz CT molecular complexity index is 603. The largest absolute Gasteiger partial charge is 0.497 e. The number of methoxy groups -OCH3 is 1. The molecule has 0 spiro atoms. The van der Waals surface area contributed by atoms with Crippen molar-refractivity contribution in [3.63, 3.8) is 0 Å². The fraction of sp³-hybridized carbons (Fsp3) is 0.375. The third-order valence-electron chi connectivity index (χ3n) is 3.90. The highest BCUT2D eigenvalue weighted by molar-refractivity contribution is 7.16. The zero-order chi connectivity index (χ0) is 13.4. The first-order chi connectivity index (χ1) is 9.19. The second-order valence-corrected chi connectivity index (χ2v) is 6.46. The Morgan fingerprint density at radius 3 is 3.00 bits per heavy atom. The fourth-order valence-electron chi connectivity index (χ4n) is 2.87. The summed E-state index contributed by atoms with van der Waals surface area (Å²) in [6, 6.07) is 8.21. The third kappa shape index (κ3) is 2.23. The molecule has 3 rings (SSSR count). The topological polar surface area (TPSA) is 35.2 Å². The van der Waals surface area contributed by atoms with Gasteiger partial charge < -0.3 is 10.5 Å². The maximum Gasteiger partial charge on any atom is 0.119 e. The van der Waals surface area contributed by atoms with E-state index in [0.29, 0.717) is 0 Å². The molecule has 1 aliphatic carbocycles. The molecule has 0 aliphatic heterocycles. The Kier molecular flexibility index (Phi) is 3.23. The highest BCUT2D eigenvalue weighted by Crippen LogP contribution is 2.44. The van der Waals surface area contributed by atoms with Crippen molar-refractivity contribution >= 4 is 16.3 Å². The summed E-state index contributed by atoms with van der Waals surface area (Å²) in [6.07, 6.45) is 3.59. The highest BCUT2D eigenvalue weighted by atomic mass is 32.1. The summed E-state index contributed by atoms with van der Waals surface area (Å²) in [5.74, 6) is 1.67. The molecule has 1 aromatic heterocycles. The van der Waals surface area contributed by atoms with E-state index in [1.54, 1.807) is 18.4 Å². The molecular weight excluding hydrogens is 254 g/mol. The van der Waals surface area contributed by atoms with Gasteiger partial charge in [-0.15, -0.1) is 11.3 Å². The van der Waals surface area contributed by atoms with E-state index < -0.39 is 0 Å². The van der Waals surface area contributed by atoms with Gasteiger partial charge in [0, 0.05) is 10.4 Å². The van der Waals surface area contributed by atoms with Gasteiger partial charge >= 0.3 is 0 Å². The molecule has 2 nitrogen and oxygen atoms in total. The van der Waals surface area contributed by atoms with Crippen molar-refractivity contribution in [1.82, 2.24) is 0 Å². The van der Waals surface area contributed by atoms with Crippen molar-refractivity contribution in [3.05, 3.63) is 34.7 Å². The van der Waals surface area contributed by atoms with Gasteiger partial charge in [0.2, 0.25) is 0 Å². The average molecular weight is 273 g/mol. The first-order valence-corrected chi connectivity index (χ1v) is 7.55. The smallest absolute Gasteiger partial charge is 0.119 e. The summed E-state index contributed by atoms with van der Waals surface area (Å²) in [5, 5.41) is 0.951. The Morgan fingerprint density at radius 2 is 2.21 bits per heavy atom. The minimum absolute atomic E-state index is 0.781.